The lowest BCUT2D eigenvalue weighted by Gasteiger charge is -2.42. The summed E-state index contributed by atoms with van der Waals surface area (Å²) < 4.78 is 10.3. The summed E-state index contributed by atoms with van der Waals surface area (Å²) >= 11 is 0. The smallest absolute Gasteiger partial charge is 0.217 e. The lowest BCUT2D eigenvalue weighted by atomic mass is 9.98. The van der Waals surface area contributed by atoms with Crippen LogP contribution in [0.4, 0.5) is 0 Å². The van der Waals surface area contributed by atoms with Gasteiger partial charge < -0.3 is 55.3 Å². The summed E-state index contributed by atoms with van der Waals surface area (Å²) in [6.45, 7) is -0.562. The predicted octanol–water partition coefficient (Wildman–Crippen LogP) is -5.41. The molecule has 0 spiro atoms. The number of aldehydes is 1. The van der Waals surface area contributed by atoms with E-state index in [4.69, 9.17) is 19.7 Å². The minimum absolute atomic E-state index is 0.180. The van der Waals surface area contributed by atoms with Gasteiger partial charge in [-0.3, -0.25) is 4.79 Å². The van der Waals surface area contributed by atoms with Gasteiger partial charge in [-0.1, -0.05) is 0 Å². The molecule has 1 aliphatic rings. The van der Waals surface area contributed by atoms with Gasteiger partial charge in [0.25, 0.3) is 0 Å². The maximum absolute atomic E-state index is 11.1. The summed E-state index contributed by atoms with van der Waals surface area (Å²) in [7, 11) is 0. The quantitative estimate of drug-likeness (QED) is 0.176. The van der Waals surface area contributed by atoms with Crippen molar-refractivity contribution in [2.24, 2.45) is 0 Å². The zero-order valence-corrected chi connectivity index (χ0v) is 14.0. The topological polar surface area (TPSA) is 206 Å². The molecule has 8 N–H and O–H groups in total. The second kappa shape index (κ2) is 10.2. The molecule has 1 amide bonds. The van der Waals surface area contributed by atoms with Gasteiger partial charge in [0, 0.05) is 6.92 Å². The minimum atomic E-state index is -1.86. The first kappa shape index (κ1) is 22.8. The molecule has 0 unspecified atom stereocenters. The van der Waals surface area contributed by atoms with E-state index in [0.29, 0.717) is 0 Å². The van der Waals surface area contributed by atoms with Crippen molar-refractivity contribution in [2.75, 3.05) is 13.2 Å². The molecule has 152 valence electrons. The van der Waals surface area contributed by atoms with Crippen LogP contribution in [0.5, 0.6) is 0 Å². The van der Waals surface area contributed by atoms with Crippen LogP contribution in [0.1, 0.15) is 6.92 Å². The zero-order valence-electron chi connectivity index (χ0n) is 14.0. The summed E-state index contributed by atoms with van der Waals surface area (Å²) in [5.74, 6) is -0.661. The van der Waals surface area contributed by atoms with E-state index < -0.39 is 74.2 Å². The zero-order chi connectivity index (χ0) is 20.0. The highest BCUT2D eigenvalue weighted by Crippen LogP contribution is 2.24. The Morgan fingerprint density at radius 1 is 1.19 bits per heavy atom. The summed E-state index contributed by atoms with van der Waals surface area (Å²) in [5.41, 5.74) is 0. The van der Waals surface area contributed by atoms with E-state index in [0.717, 1.165) is 6.92 Å². The molecule has 1 fully saturated rings. The Balaban J connectivity index is 2.99. The molecule has 0 saturated carbocycles. The molecular formula is C14H25NO11. The lowest BCUT2D eigenvalue weighted by molar-refractivity contribution is -0.324. The highest BCUT2D eigenvalue weighted by molar-refractivity contribution is 5.77. The standard InChI is InChI=1S/C14H25NO11/c1-5(19)15-6(2-16)9(21)13(7(20)3-17)26-14-12(24)11(23)10(22)8(4-18)25-14/h2,6-14,17-18,20-24H,3-4H2,1H3,(H,15,19)/t6-,7+,8+,9+,10+,11-,12+,13+,14-/m0/s1. The molecular weight excluding hydrogens is 358 g/mol. The molecule has 0 aromatic carbocycles. The van der Waals surface area contributed by atoms with Gasteiger partial charge in [-0.2, -0.15) is 0 Å². The van der Waals surface area contributed by atoms with Gasteiger partial charge in [0.05, 0.1) is 13.2 Å². The van der Waals surface area contributed by atoms with E-state index in [1.165, 1.54) is 0 Å². The molecule has 1 rings (SSSR count). The van der Waals surface area contributed by atoms with Crippen LogP contribution in [0.15, 0.2) is 0 Å². The van der Waals surface area contributed by atoms with E-state index in [2.05, 4.69) is 5.32 Å². The molecule has 1 aliphatic heterocycles. The Morgan fingerprint density at radius 3 is 2.27 bits per heavy atom. The van der Waals surface area contributed by atoms with Gasteiger partial charge in [0.2, 0.25) is 5.91 Å². The van der Waals surface area contributed by atoms with Crippen molar-refractivity contribution < 1.29 is 54.8 Å². The van der Waals surface area contributed by atoms with E-state index >= 15 is 0 Å². The van der Waals surface area contributed by atoms with E-state index in [9.17, 15) is 35.1 Å². The van der Waals surface area contributed by atoms with Crippen molar-refractivity contribution in [1.29, 1.82) is 0 Å². The number of aliphatic hydroxyl groups excluding tert-OH is 7. The van der Waals surface area contributed by atoms with Crippen LogP contribution in [0, 0.1) is 0 Å². The highest BCUT2D eigenvalue weighted by atomic mass is 16.7. The molecule has 0 aromatic rings. The number of carbonyl (C=O) groups is 2. The summed E-state index contributed by atoms with van der Waals surface area (Å²) in [4.78, 5) is 22.2. The van der Waals surface area contributed by atoms with Crippen molar-refractivity contribution in [3.05, 3.63) is 0 Å². The Bertz CT molecular complexity index is 462. The number of aliphatic hydroxyl groups is 7. The Morgan fingerprint density at radius 2 is 1.81 bits per heavy atom. The van der Waals surface area contributed by atoms with Gasteiger partial charge in [0.1, 0.15) is 55.1 Å². The fraction of sp³-hybridized carbons (Fsp3) is 0.857. The highest BCUT2D eigenvalue weighted by Gasteiger charge is 2.46. The van der Waals surface area contributed by atoms with E-state index in [-0.39, 0.29) is 6.29 Å². The maximum Gasteiger partial charge on any atom is 0.217 e. The first-order valence-electron chi connectivity index (χ1n) is 7.83. The van der Waals surface area contributed by atoms with Crippen LogP contribution in [-0.2, 0) is 19.1 Å². The van der Waals surface area contributed by atoms with Crippen LogP contribution in [-0.4, -0.2) is 116 Å². The fourth-order valence-electron chi connectivity index (χ4n) is 2.48. The monoisotopic (exact) mass is 383 g/mol. The number of hydrogen-bond acceptors (Lipinski definition) is 11. The Hall–Kier alpha value is -1.22. The number of carbonyl (C=O) groups excluding carboxylic acids is 2. The molecule has 1 saturated heterocycles. The summed E-state index contributed by atoms with van der Waals surface area (Å²) in [5, 5.41) is 69.9. The average Bonchev–Trinajstić information content (AvgIpc) is 2.62. The molecule has 12 heteroatoms. The second-order valence-corrected chi connectivity index (χ2v) is 5.90. The van der Waals surface area contributed by atoms with Crippen molar-refractivity contribution in [3.63, 3.8) is 0 Å². The van der Waals surface area contributed by atoms with Crippen LogP contribution in [0.25, 0.3) is 0 Å². The number of rotatable bonds is 9. The number of ether oxygens (including phenoxy) is 2. The van der Waals surface area contributed by atoms with Gasteiger partial charge in [-0.15, -0.1) is 0 Å². The third-order valence-electron chi connectivity index (χ3n) is 3.93. The average molecular weight is 383 g/mol. The first-order valence-corrected chi connectivity index (χ1v) is 7.83. The maximum atomic E-state index is 11.1. The summed E-state index contributed by atoms with van der Waals surface area (Å²) in [6, 6.07) is -1.51. The molecule has 1 heterocycles. The molecule has 26 heavy (non-hydrogen) atoms. The number of amides is 1. The van der Waals surface area contributed by atoms with Gasteiger partial charge in [0.15, 0.2) is 6.29 Å². The van der Waals surface area contributed by atoms with Crippen LogP contribution >= 0.6 is 0 Å². The second-order valence-electron chi connectivity index (χ2n) is 5.90. The van der Waals surface area contributed by atoms with Crippen molar-refractivity contribution in [3.8, 4) is 0 Å². The van der Waals surface area contributed by atoms with Gasteiger partial charge in [-0.05, 0) is 0 Å². The molecule has 0 aliphatic carbocycles. The molecule has 0 radical (unpaired) electrons. The van der Waals surface area contributed by atoms with Crippen LogP contribution in [0.3, 0.4) is 0 Å². The molecule has 9 atom stereocenters. The number of nitrogens with one attached hydrogen (secondary N) is 1. The first-order chi connectivity index (χ1) is 12.2. The van der Waals surface area contributed by atoms with Crippen LogP contribution < -0.4 is 5.32 Å². The lowest BCUT2D eigenvalue weighted by Crippen LogP contribution is -2.62. The van der Waals surface area contributed by atoms with E-state index in [1.807, 2.05) is 0 Å². The normalized spacial score (nSPS) is 33.8. The van der Waals surface area contributed by atoms with Crippen LogP contribution in [0.2, 0.25) is 0 Å². The Kier molecular flexibility index (Phi) is 8.95. The predicted molar refractivity (Wildman–Crippen MR) is 81.4 cm³/mol. The van der Waals surface area contributed by atoms with Crippen molar-refractivity contribution in [1.82, 2.24) is 5.32 Å². The minimum Gasteiger partial charge on any atom is -0.394 e. The van der Waals surface area contributed by atoms with E-state index in [1.54, 1.807) is 0 Å². The van der Waals surface area contributed by atoms with Gasteiger partial charge >= 0.3 is 0 Å². The number of hydrogen-bond donors (Lipinski definition) is 8. The van der Waals surface area contributed by atoms with Crippen molar-refractivity contribution >= 4 is 12.2 Å². The third-order valence-corrected chi connectivity index (χ3v) is 3.93. The SMILES string of the molecule is CC(=O)N[C@@H](C=O)[C@@H](O)[C@H](O[C@@H]1O[C@H](CO)[C@@H](O)[C@H](O)[C@H]1O)[C@H](O)CO. The fourth-order valence-corrected chi connectivity index (χ4v) is 2.48. The molecule has 12 nitrogen and oxygen atoms in total. The van der Waals surface area contributed by atoms with Gasteiger partial charge in [-0.25, -0.2) is 0 Å². The molecule has 0 aromatic heterocycles. The molecule has 0 bridgehead atoms. The third kappa shape index (κ3) is 5.39. The summed E-state index contributed by atoms with van der Waals surface area (Å²) in [6.07, 6.45) is -13.4. The Labute approximate surface area is 148 Å². The van der Waals surface area contributed by atoms with Crippen molar-refractivity contribution in [2.45, 2.75) is 62.0 Å². The largest absolute Gasteiger partial charge is 0.394 e.